The lowest BCUT2D eigenvalue weighted by molar-refractivity contribution is 0.00337. The summed E-state index contributed by atoms with van der Waals surface area (Å²) < 4.78 is 12.0. The number of morpholine rings is 1. The minimum Gasteiger partial charge on any atom is -0.462 e. The summed E-state index contributed by atoms with van der Waals surface area (Å²) in [7, 11) is 0. The van der Waals surface area contributed by atoms with Crippen LogP contribution in [0.4, 0.5) is 5.82 Å². The quantitative estimate of drug-likeness (QED) is 0.801. The Balaban J connectivity index is 1.91. The van der Waals surface area contributed by atoms with Crippen molar-refractivity contribution in [1.82, 2.24) is 14.6 Å². The van der Waals surface area contributed by atoms with Crippen LogP contribution in [0.1, 0.15) is 17.3 Å². The van der Waals surface area contributed by atoms with Gasteiger partial charge in [-0.15, -0.1) is 0 Å². The van der Waals surface area contributed by atoms with Crippen molar-refractivity contribution in [2.24, 2.45) is 0 Å². The first-order valence-electron chi connectivity index (χ1n) is 7.22. The van der Waals surface area contributed by atoms with E-state index in [1.165, 1.54) is 6.20 Å². The number of rotatable bonds is 4. The zero-order valence-corrected chi connectivity index (χ0v) is 12.3. The van der Waals surface area contributed by atoms with Crippen molar-refractivity contribution >= 4 is 17.4 Å². The number of esters is 1. The van der Waals surface area contributed by atoms with E-state index in [0.717, 1.165) is 5.82 Å². The smallest absolute Gasteiger partial charge is 0.343 e. The van der Waals surface area contributed by atoms with E-state index in [1.807, 2.05) is 11.0 Å². The molecule has 3 rings (SSSR count). The van der Waals surface area contributed by atoms with Crippen molar-refractivity contribution in [1.29, 1.82) is 0 Å². The minimum atomic E-state index is -0.433. The third kappa shape index (κ3) is 2.75. The van der Waals surface area contributed by atoms with Gasteiger partial charge >= 0.3 is 5.97 Å². The summed E-state index contributed by atoms with van der Waals surface area (Å²) in [6, 6.07) is 1.83. The second kappa shape index (κ2) is 6.29. The van der Waals surface area contributed by atoms with Crippen LogP contribution in [-0.2, 0) is 9.47 Å². The predicted octanol–water partition coefficient (Wildman–Crippen LogP) is 0.103. The number of fused-ring (bicyclic) bond motifs is 1. The normalized spacial score (nSPS) is 18.6. The molecule has 0 radical (unpaired) electrons. The molecule has 0 saturated carbocycles. The number of hydrogen-bond donors (Lipinski definition) is 1. The first-order chi connectivity index (χ1) is 10.7. The molecule has 22 heavy (non-hydrogen) atoms. The molecule has 8 heteroatoms. The average molecular weight is 306 g/mol. The van der Waals surface area contributed by atoms with E-state index in [4.69, 9.17) is 9.47 Å². The van der Waals surface area contributed by atoms with Crippen LogP contribution in [-0.4, -0.2) is 64.7 Å². The zero-order chi connectivity index (χ0) is 15.5. The SMILES string of the molecule is CCOC(=O)c1cnn2ccc(N3CCO[C@@H](CO)C3)nc12. The molecule has 118 valence electrons. The lowest BCUT2D eigenvalue weighted by Gasteiger charge is -2.32. The van der Waals surface area contributed by atoms with Crippen LogP contribution in [0.2, 0.25) is 0 Å². The zero-order valence-electron chi connectivity index (χ0n) is 12.3. The van der Waals surface area contributed by atoms with Gasteiger partial charge in [-0.2, -0.15) is 5.10 Å². The number of aliphatic hydroxyl groups is 1. The summed E-state index contributed by atoms with van der Waals surface area (Å²) in [5.74, 6) is 0.290. The summed E-state index contributed by atoms with van der Waals surface area (Å²) in [6.07, 6.45) is 2.99. The number of ether oxygens (including phenoxy) is 2. The molecule has 0 unspecified atom stereocenters. The van der Waals surface area contributed by atoms with Crippen LogP contribution in [0.5, 0.6) is 0 Å². The van der Waals surface area contributed by atoms with Crippen molar-refractivity contribution in [3.8, 4) is 0 Å². The molecule has 0 amide bonds. The van der Waals surface area contributed by atoms with Crippen LogP contribution in [0, 0.1) is 0 Å². The van der Waals surface area contributed by atoms with Gasteiger partial charge in [0.2, 0.25) is 0 Å². The highest BCUT2D eigenvalue weighted by Crippen LogP contribution is 2.18. The van der Waals surface area contributed by atoms with Gasteiger partial charge in [0.05, 0.1) is 32.1 Å². The molecule has 0 bridgehead atoms. The van der Waals surface area contributed by atoms with E-state index < -0.39 is 5.97 Å². The lowest BCUT2D eigenvalue weighted by Crippen LogP contribution is -2.44. The third-order valence-electron chi connectivity index (χ3n) is 3.52. The third-order valence-corrected chi connectivity index (χ3v) is 3.52. The molecular formula is C14H18N4O4. The van der Waals surface area contributed by atoms with Crippen LogP contribution >= 0.6 is 0 Å². The second-order valence-electron chi connectivity index (χ2n) is 4.95. The summed E-state index contributed by atoms with van der Waals surface area (Å²) in [6.45, 7) is 3.80. The molecule has 0 spiro atoms. The molecule has 1 aliphatic rings. The van der Waals surface area contributed by atoms with Gasteiger partial charge in [0.15, 0.2) is 5.65 Å². The molecule has 1 atom stereocenters. The summed E-state index contributed by atoms with van der Waals surface area (Å²) in [4.78, 5) is 18.5. The Hall–Kier alpha value is -2.19. The molecule has 1 N–H and O–H groups in total. The molecule has 2 aromatic rings. The van der Waals surface area contributed by atoms with E-state index >= 15 is 0 Å². The largest absolute Gasteiger partial charge is 0.462 e. The van der Waals surface area contributed by atoms with E-state index in [1.54, 1.807) is 17.6 Å². The van der Waals surface area contributed by atoms with Crippen molar-refractivity contribution in [3.63, 3.8) is 0 Å². The maximum absolute atomic E-state index is 11.9. The Kier molecular flexibility index (Phi) is 4.21. The highest BCUT2D eigenvalue weighted by atomic mass is 16.5. The van der Waals surface area contributed by atoms with Gasteiger partial charge in [-0.05, 0) is 13.0 Å². The predicted molar refractivity (Wildman–Crippen MR) is 78.0 cm³/mol. The van der Waals surface area contributed by atoms with Gasteiger partial charge in [-0.1, -0.05) is 0 Å². The number of aromatic nitrogens is 3. The van der Waals surface area contributed by atoms with Gasteiger partial charge in [0, 0.05) is 19.3 Å². The van der Waals surface area contributed by atoms with E-state index in [0.29, 0.717) is 37.5 Å². The molecule has 1 saturated heterocycles. The van der Waals surface area contributed by atoms with Crippen molar-refractivity contribution < 1.29 is 19.4 Å². The van der Waals surface area contributed by atoms with Crippen molar-refractivity contribution in [3.05, 3.63) is 24.0 Å². The molecule has 1 fully saturated rings. The molecule has 1 aliphatic heterocycles. The van der Waals surface area contributed by atoms with Crippen LogP contribution in [0.15, 0.2) is 18.5 Å². The molecule has 2 aromatic heterocycles. The maximum Gasteiger partial charge on any atom is 0.343 e. The Bertz CT molecular complexity index is 672. The standard InChI is InChI=1S/C14H18N4O4/c1-2-21-14(20)11-7-15-18-4-3-12(16-13(11)18)17-5-6-22-10(8-17)9-19/h3-4,7,10,19H,2,5-6,8-9H2,1H3/t10-/m1/s1. The number of carbonyl (C=O) groups is 1. The molecule has 8 nitrogen and oxygen atoms in total. The van der Waals surface area contributed by atoms with Gasteiger partial charge in [-0.3, -0.25) is 0 Å². The molecule has 0 aromatic carbocycles. The summed E-state index contributed by atoms with van der Waals surface area (Å²) in [5.41, 5.74) is 0.804. The Morgan fingerprint density at radius 3 is 3.23 bits per heavy atom. The monoisotopic (exact) mass is 306 g/mol. The average Bonchev–Trinajstić information content (AvgIpc) is 2.98. The van der Waals surface area contributed by atoms with E-state index in [-0.39, 0.29) is 12.7 Å². The van der Waals surface area contributed by atoms with Gasteiger partial charge in [-0.25, -0.2) is 14.3 Å². The van der Waals surface area contributed by atoms with Crippen molar-refractivity contribution in [2.75, 3.05) is 37.8 Å². The maximum atomic E-state index is 11.9. The van der Waals surface area contributed by atoms with Crippen LogP contribution < -0.4 is 4.90 Å². The van der Waals surface area contributed by atoms with Crippen LogP contribution in [0.3, 0.4) is 0 Å². The topological polar surface area (TPSA) is 89.2 Å². The van der Waals surface area contributed by atoms with Crippen molar-refractivity contribution in [2.45, 2.75) is 13.0 Å². The molecule has 0 aliphatic carbocycles. The fourth-order valence-electron chi connectivity index (χ4n) is 2.43. The number of carbonyl (C=O) groups excluding carboxylic acids is 1. The molecule has 3 heterocycles. The highest BCUT2D eigenvalue weighted by Gasteiger charge is 2.22. The minimum absolute atomic E-state index is 0.0283. The summed E-state index contributed by atoms with van der Waals surface area (Å²) in [5, 5.41) is 13.3. The number of hydrogen-bond acceptors (Lipinski definition) is 7. The van der Waals surface area contributed by atoms with E-state index in [2.05, 4.69) is 10.1 Å². The van der Waals surface area contributed by atoms with Gasteiger partial charge < -0.3 is 19.5 Å². The van der Waals surface area contributed by atoms with Gasteiger partial charge in [0.1, 0.15) is 11.4 Å². The molecular weight excluding hydrogens is 288 g/mol. The lowest BCUT2D eigenvalue weighted by atomic mass is 10.3. The van der Waals surface area contributed by atoms with Gasteiger partial charge in [0.25, 0.3) is 0 Å². The number of nitrogens with zero attached hydrogens (tertiary/aromatic N) is 4. The Morgan fingerprint density at radius 1 is 1.59 bits per heavy atom. The van der Waals surface area contributed by atoms with Crippen LogP contribution in [0.25, 0.3) is 5.65 Å². The summed E-state index contributed by atoms with van der Waals surface area (Å²) >= 11 is 0. The second-order valence-corrected chi connectivity index (χ2v) is 4.95. The first-order valence-corrected chi connectivity index (χ1v) is 7.22. The fraction of sp³-hybridized carbons (Fsp3) is 0.500. The highest BCUT2D eigenvalue weighted by molar-refractivity contribution is 5.95. The first kappa shape index (κ1) is 14.7. The Morgan fingerprint density at radius 2 is 2.45 bits per heavy atom. The number of anilines is 1. The number of aliphatic hydroxyl groups excluding tert-OH is 1. The van der Waals surface area contributed by atoms with E-state index in [9.17, 15) is 9.90 Å². The fourth-order valence-corrected chi connectivity index (χ4v) is 2.43. The Labute approximate surface area is 127 Å².